The van der Waals surface area contributed by atoms with Crippen LogP contribution in [-0.4, -0.2) is 27.9 Å². The first-order valence-corrected chi connectivity index (χ1v) is 5.71. The molecule has 0 atom stereocenters. The van der Waals surface area contributed by atoms with Crippen molar-refractivity contribution in [3.63, 3.8) is 0 Å². The summed E-state index contributed by atoms with van der Waals surface area (Å²) >= 11 is 10.8. The summed E-state index contributed by atoms with van der Waals surface area (Å²) in [5.41, 5.74) is 0. The summed E-state index contributed by atoms with van der Waals surface area (Å²) in [6, 6.07) is 0. The van der Waals surface area contributed by atoms with Crippen molar-refractivity contribution in [1.82, 2.24) is 4.90 Å². The zero-order valence-electron chi connectivity index (χ0n) is 7.04. The zero-order chi connectivity index (χ0) is 8.69. The van der Waals surface area contributed by atoms with Crippen molar-refractivity contribution in [3.8, 4) is 0 Å². The minimum Gasteiger partial charge on any atom is -0.352 e. The molecule has 0 rings (SSSR count). The molecule has 0 saturated heterocycles. The Labute approximate surface area is 84.3 Å². The van der Waals surface area contributed by atoms with Crippen molar-refractivity contribution in [3.05, 3.63) is 0 Å². The van der Waals surface area contributed by atoms with Crippen LogP contribution < -0.4 is 0 Å². The van der Waals surface area contributed by atoms with Gasteiger partial charge in [-0.25, -0.2) is 0 Å². The van der Waals surface area contributed by atoms with Crippen LogP contribution >= 0.6 is 36.6 Å². The second kappa shape index (κ2) is 7.25. The monoisotopic (exact) mass is 209 g/mol. The molecule has 0 amide bonds. The van der Waals surface area contributed by atoms with E-state index in [4.69, 9.17) is 12.2 Å². The molecule has 0 aromatic carbocycles. The highest BCUT2D eigenvalue weighted by Gasteiger charge is 1.97. The lowest BCUT2D eigenvalue weighted by atomic mass is 10.4. The van der Waals surface area contributed by atoms with E-state index in [0.717, 1.165) is 5.88 Å². The van der Waals surface area contributed by atoms with Crippen LogP contribution in [0.3, 0.4) is 0 Å². The van der Waals surface area contributed by atoms with Crippen LogP contribution in [0, 0.1) is 0 Å². The van der Waals surface area contributed by atoms with Crippen LogP contribution in [0.1, 0.15) is 19.8 Å². The van der Waals surface area contributed by atoms with Gasteiger partial charge in [0.2, 0.25) is 0 Å². The standard InChI is InChI=1S/C7H15NS3/c1-3-4-5-11-6-8(2)7(9)10/h3-6H2,1-2H3,(H,9,10). The Morgan fingerprint density at radius 3 is 2.73 bits per heavy atom. The molecule has 0 unspecified atom stereocenters. The Morgan fingerprint density at radius 2 is 2.27 bits per heavy atom. The predicted octanol–water partition coefficient (Wildman–Crippen LogP) is 2.62. The number of nitrogens with zero attached hydrogens (tertiary/aromatic N) is 1. The average molecular weight is 209 g/mol. The summed E-state index contributed by atoms with van der Waals surface area (Å²) in [6.45, 7) is 2.20. The minimum atomic E-state index is 0.675. The lowest BCUT2D eigenvalue weighted by Gasteiger charge is -2.15. The normalized spacial score (nSPS) is 9.73. The van der Waals surface area contributed by atoms with Crippen molar-refractivity contribution < 1.29 is 0 Å². The molecule has 0 fully saturated rings. The van der Waals surface area contributed by atoms with Crippen molar-refractivity contribution >= 4 is 40.9 Å². The van der Waals surface area contributed by atoms with E-state index in [9.17, 15) is 0 Å². The Morgan fingerprint density at radius 1 is 1.64 bits per heavy atom. The van der Waals surface area contributed by atoms with Gasteiger partial charge in [-0.2, -0.15) is 0 Å². The van der Waals surface area contributed by atoms with Gasteiger partial charge in [0.05, 0.1) is 5.88 Å². The van der Waals surface area contributed by atoms with E-state index < -0.39 is 0 Å². The first kappa shape index (κ1) is 11.6. The van der Waals surface area contributed by atoms with Gasteiger partial charge in [-0.05, 0) is 12.2 Å². The molecule has 0 N–H and O–H groups in total. The predicted molar refractivity (Wildman–Crippen MR) is 61.6 cm³/mol. The van der Waals surface area contributed by atoms with Gasteiger partial charge in [0, 0.05) is 7.05 Å². The number of thiocarbonyl (C=S) groups is 1. The van der Waals surface area contributed by atoms with Gasteiger partial charge < -0.3 is 4.90 Å². The van der Waals surface area contributed by atoms with E-state index in [-0.39, 0.29) is 0 Å². The molecule has 0 aliphatic carbocycles. The zero-order valence-corrected chi connectivity index (χ0v) is 9.57. The number of unbranched alkanes of at least 4 members (excludes halogenated alkanes) is 1. The van der Waals surface area contributed by atoms with Crippen molar-refractivity contribution in [2.24, 2.45) is 0 Å². The maximum atomic E-state index is 4.87. The topological polar surface area (TPSA) is 3.24 Å². The van der Waals surface area contributed by atoms with Gasteiger partial charge in [-0.3, -0.25) is 0 Å². The Balaban J connectivity index is 3.17. The van der Waals surface area contributed by atoms with E-state index in [1.165, 1.54) is 18.6 Å². The largest absolute Gasteiger partial charge is 0.352 e. The fourth-order valence-electron chi connectivity index (χ4n) is 0.503. The van der Waals surface area contributed by atoms with Gasteiger partial charge in [-0.15, -0.1) is 24.4 Å². The van der Waals surface area contributed by atoms with E-state index in [0.29, 0.717) is 4.32 Å². The summed E-state index contributed by atoms with van der Waals surface area (Å²) < 4.78 is 0.675. The number of thiol groups is 1. The second-order valence-electron chi connectivity index (χ2n) is 2.37. The highest BCUT2D eigenvalue weighted by atomic mass is 32.2. The molecule has 0 aliphatic heterocycles. The number of thioether (sulfide) groups is 1. The Bertz CT molecular complexity index is 116. The molecule has 11 heavy (non-hydrogen) atoms. The third kappa shape index (κ3) is 6.97. The Kier molecular flexibility index (Phi) is 7.64. The molecule has 0 aromatic heterocycles. The highest BCUT2D eigenvalue weighted by molar-refractivity contribution is 8.11. The van der Waals surface area contributed by atoms with Gasteiger partial charge in [0.15, 0.2) is 0 Å². The quantitative estimate of drug-likeness (QED) is 0.321. The van der Waals surface area contributed by atoms with Crippen LogP contribution in [0.15, 0.2) is 0 Å². The Hall–Kier alpha value is 0.590. The van der Waals surface area contributed by atoms with Gasteiger partial charge >= 0.3 is 0 Å². The van der Waals surface area contributed by atoms with Crippen molar-refractivity contribution in [2.45, 2.75) is 19.8 Å². The minimum absolute atomic E-state index is 0.675. The summed E-state index contributed by atoms with van der Waals surface area (Å²) in [6.07, 6.45) is 2.56. The third-order valence-electron chi connectivity index (χ3n) is 1.25. The summed E-state index contributed by atoms with van der Waals surface area (Å²) in [7, 11) is 1.97. The van der Waals surface area contributed by atoms with E-state index in [2.05, 4.69) is 19.6 Å². The fourth-order valence-corrected chi connectivity index (χ4v) is 1.84. The fraction of sp³-hybridized carbons (Fsp3) is 0.857. The number of hydrogen-bond donors (Lipinski definition) is 1. The highest BCUT2D eigenvalue weighted by Crippen LogP contribution is 2.07. The lowest BCUT2D eigenvalue weighted by Crippen LogP contribution is -2.19. The van der Waals surface area contributed by atoms with Gasteiger partial charge in [-0.1, -0.05) is 25.6 Å². The molecular weight excluding hydrogens is 194 g/mol. The van der Waals surface area contributed by atoms with E-state index in [1.807, 2.05) is 23.7 Å². The maximum Gasteiger partial charge on any atom is 0.133 e. The molecule has 0 aromatic rings. The third-order valence-corrected chi connectivity index (χ3v) is 3.05. The summed E-state index contributed by atoms with van der Waals surface area (Å²) in [5.74, 6) is 2.18. The van der Waals surface area contributed by atoms with Crippen LogP contribution in [0.5, 0.6) is 0 Å². The van der Waals surface area contributed by atoms with Gasteiger partial charge in [0.1, 0.15) is 4.32 Å². The number of rotatable bonds is 5. The molecule has 0 heterocycles. The van der Waals surface area contributed by atoms with Crippen molar-refractivity contribution in [1.29, 1.82) is 0 Å². The molecule has 0 aliphatic rings. The SMILES string of the molecule is CCCCSCN(C)C(=S)S. The van der Waals surface area contributed by atoms with Crippen LogP contribution in [0.4, 0.5) is 0 Å². The van der Waals surface area contributed by atoms with Crippen LogP contribution in [-0.2, 0) is 0 Å². The lowest BCUT2D eigenvalue weighted by molar-refractivity contribution is 0.623. The molecule has 0 bridgehead atoms. The summed E-state index contributed by atoms with van der Waals surface area (Å²) in [5, 5.41) is 0. The summed E-state index contributed by atoms with van der Waals surface area (Å²) in [4.78, 5) is 1.97. The van der Waals surface area contributed by atoms with Crippen LogP contribution in [0.2, 0.25) is 0 Å². The smallest absolute Gasteiger partial charge is 0.133 e. The molecule has 0 saturated carbocycles. The van der Waals surface area contributed by atoms with Crippen molar-refractivity contribution in [2.75, 3.05) is 18.7 Å². The second-order valence-corrected chi connectivity index (χ2v) is 4.56. The molecule has 0 spiro atoms. The van der Waals surface area contributed by atoms with E-state index in [1.54, 1.807) is 0 Å². The molecule has 1 nitrogen and oxygen atoms in total. The first-order chi connectivity index (χ1) is 5.18. The molecular formula is C7H15NS3. The molecule has 0 radical (unpaired) electrons. The maximum absolute atomic E-state index is 4.87. The molecule has 66 valence electrons. The van der Waals surface area contributed by atoms with Crippen LogP contribution in [0.25, 0.3) is 0 Å². The number of hydrogen-bond acceptors (Lipinski definition) is 2. The van der Waals surface area contributed by atoms with E-state index >= 15 is 0 Å². The molecule has 4 heteroatoms. The first-order valence-electron chi connectivity index (χ1n) is 3.70. The average Bonchev–Trinajstić information content (AvgIpc) is 1.97. The van der Waals surface area contributed by atoms with Gasteiger partial charge in [0.25, 0.3) is 0 Å².